The Hall–Kier alpha value is -8.47. The van der Waals surface area contributed by atoms with E-state index in [-0.39, 0.29) is 77.6 Å². The molecule has 1 heterocycles. The predicted octanol–water partition coefficient (Wildman–Crippen LogP) is 11.6. The number of esters is 2. The highest BCUT2D eigenvalue weighted by Gasteiger charge is 2.37. The van der Waals surface area contributed by atoms with Gasteiger partial charge in [-0.15, -0.1) is 0 Å². The molecule has 1 aliphatic rings. The van der Waals surface area contributed by atoms with Crippen LogP contribution >= 0.6 is 0 Å². The molecule has 71 heavy (non-hydrogen) atoms. The van der Waals surface area contributed by atoms with Crippen molar-refractivity contribution in [3.8, 4) is 23.0 Å². The lowest BCUT2D eigenvalue weighted by atomic mass is 9.94. The summed E-state index contributed by atoms with van der Waals surface area (Å²) in [6, 6.07) is 62.8. The Kier molecular flexibility index (Phi) is 15.6. The molecule has 0 amide bonds. The topological polar surface area (TPSA) is 121 Å². The third-order valence-corrected chi connectivity index (χ3v) is 12.3. The van der Waals surface area contributed by atoms with E-state index in [1.807, 2.05) is 152 Å². The Balaban J connectivity index is 1.12. The monoisotopic (exact) mass is 943 g/mol. The lowest BCUT2D eigenvalue weighted by Crippen LogP contribution is -2.28. The number of rotatable bonds is 20. The maximum Gasteiger partial charge on any atom is 0.339 e. The minimum absolute atomic E-state index is 0.0241. The molecule has 10 nitrogen and oxygen atoms in total. The Morgan fingerprint density at radius 2 is 0.944 bits per heavy atom. The molecule has 1 N–H and O–H groups in total. The maximum atomic E-state index is 15.7. The second kappa shape index (κ2) is 23.2. The lowest BCUT2D eigenvalue weighted by Gasteiger charge is -2.22. The summed E-state index contributed by atoms with van der Waals surface area (Å²) in [5, 5.41) is 10.0. The van der Waals surface area contributed by atoms with Crippen molar-refractivity contribution in [1.82, 2.24) is 4.90 Å². The Morgan fingerprint density at radius 3 is 1.46 bits per heavy atom. The summed E-state index contributed by atoms with van der Waals surface area (Å²) in [7, 11) is 0. The van der Waals surface area contributed by atoms with E-state index < -0.39 is 23.8 Å². The number of phenolic OH excluding ortho intramolecular Hbond substituents is 1. The van der Waals surface area contributed by atoms with Crippen LogP contribution < -0.4 is 14.2 Å². The van der Waals surface area contributed by atoms with Crippen LogP contribution in [0.4, 0.5) is 0 Å². The Labute approximate surface area is 413 Å². The molecule has 9 rings (SSSR count). The molecular weight excluding hydrogens is 891 g/mol. The summed E-state index contributed by atoms with van der Waals surface area (Å²) in [5.41, 5.74) is 5.37. The molecule has 10 heteroatoms. The summed E-state index contributed by atoms with van der Waals surface area (Å²) >= 11 is 0. The zero-order valence-corrected chi connectivity index (χ0v) is 39.1. The number of likely N-dealkylation sites (tertiary alicyclic amines) is 1. The molecule has 1 aliphatic heterocycles. The van der Waals surface area contributed by atoms with Gasteiger partial charge < -0.3 is 28.8 Å². The molecular formula is C61H53NO9. The number of hydrogen-bond acceptors (Lipinski definition) is 10. The summed E-state index contributed by atoms with van der Waals surface area (Å²) in [6.07, 6.45) is 0.0946. The van der Waals surface area contributed by atoms with Crippen molar-refractivity contribution in [2.24, 2.45) is 5.92 Å². The van der Waals surface area contributed by atoms with Gasteiger partial charge in [0.15, 0.2) is 0 Å². The second-order valence-corrected chi connectivity index (χ2v) is 17.5. The molecule has 8 aromatic carbocycles. The van der Waals surface area contributed by atoms with E-state index in [9.17, 15) is 14.7 Å². The van der Waals surface area contributed by atoms with Crippen LogP contribution in [-0.4, -0.2) is 46.9 Å². The normalized spacial score (nSPS) is 14.3. The van der Waals surface area contributed by atoms with Crippen molar-refractivity contribution < 1.29 is 43.2 Å². The first-order valence-electron chi connectivity index (χ1n) is 23.6. The number of ether oxygens (including phenoxy) is 5. The van der Waals surface area contributed by atoms with Crippen molar-refractivity contribution in [3.05, 3.63) is 262 Å². The van der Waals surface area contributed by atoms with Gasteiger partial charge in [0.05, 0.1) is 16.7 Å². The van der Waals surface area contributed by atoms with Crippen molar-refractivity contribution in [3.63, 3.8) is 0 Å². The van der Waals surface area contributed by atoms with Gasteiger partial charge in [0.25, 0.3) is 0 Å². The van der Waals surface area contributed by atoms with Crippen LogP contribution in [0, 0.1) is 5.92 Å². The number of benzene rings is 8. The van der Waals surface area contributed by atoms with E-state index >= 15 is 4.79 Å². The zero-order valence-electron chi connectivity index (χ0n) is 39.1. The number of carbonyl (C=O) groups is 3. The van der Waals surface area contributed by atoms with Crippen LogP contribution in [0.5, 0.6) is 23.0 Å². The fourth-order valence-corrected chi connectivity index (χ4v) is 8.71. The van der Waals surface area contributed by atoms with Crippen LogP contribution in [0.1, 0.15) is 70.0 Å². The number of ketones is 1. The van der Waals surface area contributed by atoms with E-state index in [0.29, 0.717) is 26.1 Å². The number of aromatic hydroxyl groups is 1. The minimum Gasteiger partial charge on any atom is -0.508 e. The van der Waals surface area contributed by atoms with Gasteiger partial charge in [0.1, 0.15) is 61.1 Å². The van der Waals surface area contributed by atoms with Crippen molar-refractivity contribution in [1.29, 1.82) is 0 Å². The lowest BCUT2D eigenvalue weighted by molar-refractivity contribution is 0.0230. The van der Waals surface area contributed by atoms with Crippen LogP contribution in [0.25, 0.3) is 0 Å². The molecule has 1 fully saturated rings. The highest BCUT2D eigenvalue weighted by atomic mass is 16.5. The van der Waals surface area contributed by atoms with Gasteiger partial charge in [-0.1, -0.05) is 170 Å². The van der Waals surface area contributed by atoms with Gasteiger partial charge in [-0.2, -0.15) is 0 Å². The quantitative estimate of drug-likeness (QED) is 0.0584. The van der Waals surface area contributed by atoms with E-state index in [2.05, 4.69) is 17.0 Å². The molecule has 0 unspecified atom stereocenters. The first-order chi connectivity index (χ1) is 34.8. The van der Waals surface area contributed by atoms with Gasteiger partial charge in [-0.3, -0.25) is 9.69 Å². The highest BCUT2D eigenvalue weighted by molar-refractivity contribution is 6.19. The van der Waals surface area contributed by atoms with Gasteiger partial charge in [-0.25, -0.2) is 9.59 Å². The standard InChI is InChI=1S/C61H53NO9/c63-51-31-29-43(30-32-51)33-50-37-62(36-44-17-6-1-7-18-44)38-56(50)71-60(65)49-34-54(68-40-46-21-10-3-11-22-46)58(55(35-49)69-41-47-23-12-4-13-24-47)59(64)57-52(61(66)70-42-48-25-14-5-15-26-48)27-16-28-53(57)67-39-45-19-8-2-9-20-45/h1-32,34-35,50,56,63H,33,36-42H2/t50-,56-/m1/s1. The number of nitrogens with zero attached hydrogens (tertiary/aromatic N) is 1. The predicted molar refractivity (Wildman–Crippen MR) is 270 cm³/mol. The number of phenols is 1. The van der Waals surface area contributed by atoms with E-state index in [1.165, 1.54) is 18.2 Å². The Bertz CT molecular complexity index is 2960. The van der Waals surface area contributed by atoms with Gasteiger partial charge >= 0.3 is 11.9 Å². The zero-order chi connectivity index (χ0) is 48.8. The summed E-state index contributed by atoms with van der Waals surface area (Å²) in [6.45, 7) is 1.95. The van der Waals surface area contributed by atoms with Crippen LogP contribution in [0.2, 0.25) is 0 Å². The summed E-state index contributed by atoms with van der Waals surface area (Å²) in [5.74, 6) is -1.70. The average molecular weight is 944 g/mol. The van der Waals surface area contributed by atoms with Crippen molar-refractivity contribution >= 4 is 17.7 Å². The van der Waals surface area contributed by atoms with E-state index in [0.717, 1.165) is 33.4 Å². The van der Waals surface area contributed by atoms with Gasteiger partial charge in [0, 0.05) is 25.6 Å². The number of hydrogen-bond donors (Lipinski definition) is 1. The molecule has 0 saturated carbocycles. The number of carbonyl (C=O) groups excluding carboxylic acids is 3. The molecule has 8 aromatic rings. The molecule has 0 radical (unpaired) electrons. The fraction of sp³-hybridized carbons (Fsp3) is 0.164. The van der Waals surface area contributed by atoms with Crippen molar-refractivity contribution in [2.45, 2.75) is 45.5 Å². The van der Waals surface area contributed by atoms with Gasteiger partial charge in [-0.05, 0) is 76.2 Å². The molecule has 0 aromatic heterocycles. The smallest absolute Gasteiger partial charge is 0.339 e. The summed E-state index contributed by atoms with van der Waals surface area (Å²) in [4.78, 5) is 47.0. The average Bonchev–Trinajstić information content (AvgIpc) is 3.78. The molecule has 0 spiro atoms. The van der Waals surface area contributed by atoms with E-state index in [1.54, 1.807) is 24.3 Å². The maximum absolute atomic E-state index is 15.7. The molecule has 2 atom stereocenters. The Morgan fingerprint density at radius 1 is 0.465 bits per heavy atom. The van der Waals surface area contributed by atoms with E-state index in [4.69, 9.17) is 23.7 Å². The molecule has 1 saturated heterocycles. The third kappa shape index (κ3) is 12.6. The largest absolute Gasteiger partial charge is 0.508 e. The summed E-state index contributed by atoms with van der Waals surface area (Å²) < 4.78 is 31.9. The minimum atomic E-state index is -0.735. The third-order valence-electron chi connectivity index (χ3n) is 12.3. The molecule has 0 bridgehead atoms. The molecule has 0 aliphatic carbocycles. The van der Waals surface area contributed by atoms with Crippen LogP contribution in [0.15, 0.2) is 206 Å². The molecule has 356 valence electrons. The van der Waals surface area contributed by atoms with Crippen LogP contribution in [-0.2, 0) is 48.9 Å². The van der Waals surface area contributed by atoms with Crippen molar-refractivity contribution in [2.75, 3.05) is 13.1 Å². The SMILES string of the molecule is O=C(O[C@@H]1CN(Cc2ccccc2)C[C@H]1Cc1ccc(O)cc1)c1cc(OCc2ccccc2)c(C(=O)c2c(OCc3ccccc3)cccc2C(=O)OCc2ccccc2)c(OCc2ccccc2)c1. The van der Waals surface area contributed by atoms with Gasteiger partial charge in [0.2, 0.25) is 5.78 Å². The first-order valence-corrected chi connectivity index (χ1v) is 23.6. The first kappa shape index (κ1) is 47.6. The fourth-order valence-electron chi connectivity index (χ4n) is 8.71. The second-order valence-electron chi connectivity index (χ2n) is 17.5. The van der Waals surface area contributed by atoms with Crippen LogP contribution in [0.3, 0.4) is 0 Å². The highest BCUT2D eigenvalue weighted by Crippen LogP contribution is 2.39.